The first kappa shape index (κ1) is 55.6. The van der Waals surface area contributed by atoms with Gasteiger partial charge in [-0.25, -0.2) is 29.9 Å². The van der Waals surface area contributed by atoms with E-state index in [1.807, 2.05) is 72.8 Å². The first-order valence-corrected chi connectivity index (χ1v) is 31.3. The summed E-state index contributed by atoms with van der Waals surface area (Å²) in [5.74, 6) is 3.39. The normalized spacial score (nSPS) is 11.6. The van der Waals surface area contributed by atoms with Gasteiger partial charge in [0.15, 0.2) is 34.9 Å². The molecule has 0 atom stereocenters. The minimum absolute atomic E-state index is 0.540. The van der Waals surface area contributed by atoms with Crippen molar-refractivity contribution in [1.82, 2.24) is 39.0 Å². The fourth-order valence-corrected chi connectivity index (χ4v) is 14.1. The van der Waals surface area contributed by atoms with E-state index < -0.39 is 0 Å². The summed E-state index contributed by atoms with van der Waals surface area (Å²) in [6.45, 7) is 13.2. The summed E-state index contributed by atoms with van der Waals surface area (Å²) in [5, 5.41) is 4.61. The van der Waals surface area contributed by atoms with Crippen molar-refractivity contribution in [3.05, 3.63) is 300 Å². The van der Waals surface area contributed by atoms with Gasteiger partial charge in [0.05, 0.1) is 33.4 Å². The summed E-state index contributed by atoms with van der Waals surface area (Å²) in [6, 6.07) is 94.7. The van der Waals surface area contributed by atoms with Crippen LogP contribution in [0.2, 0.25) is 0 Å². The van der Waals surface area contributed by atoms with Gasteiger partial charge in [0.1, 0.15) is 0 Å². The number of rotatable bonds is 11. The second-order valence-electron chi connectivity index (χ2n) is 24.3. The molecule has 0 saturated heterocycles. The van der Waals surface area contributed by atoms with Crippen LogP contribution in [0.5, 0.6) is 0 Å². The molecule has 8 heteroatoms. The molecule has 0 unspecified atom stereocenters. The van der Waals surface area contributed by atoms with Crippen LogP contribution in [0.4, 0.5) is 0 Å². The van der Waals surface area contributed by atoms with Crippen molar-refractivity contribution in [1.29, 1.82) is 0 Å². The number of nitrogens with zero attached hydrogens (tertiary/aromatic N) is 8. The van der Waals surface area contributed by atoms with Crippen LogP contribution >= 0.6 is 0 Å². The predicted octanol–water partition coefficient (Wildman–Crippen LogP) is 21.1. The number of aryl methyl sites for hydroxylation is 6. The molecule has 438 valence electrons. The van der Waals surface area contributed by atoms with Crippen molar-refractivity contribution in [3.63, 3.8) is 0 Å². The first-order chi connectivity index (χ1) is 45.1. The van der Waals surface area contributed by atoms with Gasteiger partial charge < -0.3 is 9.13 Å². The molecule has 8 nitrogen and oxygen atoms in total. The predicted molar refractivity (Wildman–Crippen MR) is 379 cm³/mol. The maximum atomic E-state index is 5.47. The molecule has 12 aromatic carbocycles. The first-order valence-electron chi connectivity index (χ1n) is 31.3. The molecule has 0 saturated carbocycles. The fourth-order valence-electron chi connectivity index (χ4n) is 14.1. The molecule has 0 amide bonds. The maximum Gasteiger partial charge on any atom is 0.166 e. The van der Waals surface area contributed by atoms with E-state index in [9.17, 15) is 0 Å². The third-order valence-corrected chi connectivity index (χ3v) is 18.0. The number of aromatic nitrogens is 8. The lowest BCUT2D eigenvalue weighted by atomic mass is 9.93. The third kappa shape index (κ3) is 9.81. The van der Waals surface area contributed by atoms with Crippen molar-refractivity contribution < 1.29 is 0 Å². The molecule has 4 aromatic heterocycles. The van der Waals surface area contributed by atoms with E-state index in [1.165, 1.54) is 55.6 Å². The lowest BCUT2D eigenvalue weighted by Crippen LogP contribution is -2.05. The third-order valence-electron chi connectivity index (χ3n) is 18.0. The van der Waals surface area contributed by atoms with Gasteiger partial charge in [0.2, 0.25) is 0 Å². The van der Waals surface area contributed by atoms with E-state index in [0.29, 0.717) is 34.9 Å². The summed E-state index contributed by atoms with van der Waals surface area (Å²) in [6.07, 6.45) is 0. The average molecular weight is 1180 g/mol. The minimum Gasteiger partial charge on any atom is -0.309 e. The Labute approximate surface area is 534 Å². The van der Waals surface area contributed by atoms with Crippen LogP contribution in [-0.4, -0.2) is 39.0 Å². The molecule has 0 aliphatic rings. The molecule has 0 bridgehead atoms. The van der Waals surface area contributed by atoms with E-state index in [1.54, 1.807) is 0 Å². The standard InChI is InChI=1S/C84H62N8/c1-51-43-53(3)77(54(4)44-51)63-37-41-73-67(49-63)65-31-19-21-33-71(65)91(73)75-39-35-61(47-69(75)83-87-79(57-23-11-7-12-24-57)85-80(88-83)58-25-13-8-14-26-58)62-36-40-76(70(48-62)84-89-81(59-27-15-9-16-28-59)86-82(90-84)60-29-17-10-18-30-60)92-72-34-22-20-32-66(72)68-50-64(38-42-74(68)92)78-55(5)45-52(2)46-56(78)6/h7-50H,1-6H3. The SMILES string of the molecule is Cc1cc(C)c(-c2ccc3c(c2)c2ccccc2n3-c2ccc(-c3ccc(-n4c5ccccc5c5cc(-c6c(C)cc(C)cc6C)ccc54)c(-c4nc(-c5ccccc5)nc(-c5ccccc5)n4)c3)cc2-c2nc(-c3ccccc3)nc(-c3ccccc3)n2)c(C)c1. The van der Waals surface area contributed by atoms with Gasteiger partial charge >= 0.3 is 0 Å². The Morgan fingerprint density at radius 1 is 0.217 bits per heavy atom. The molecule has 0 fully saturated rings. The van der Waals surface area contributed by atoms with E-state index >= 15 is 0 Å². The lowest BCUT2D eigenvalue weighted by Gasteiger charge is -2.18. The molecule has 16 rings (SSSR count). The Balaban J connectivity index is 0.967. The zero-order valence-electron chi connectivity index (χ0n) is 52.0. The van der Waals surface area contributed by atoms with Crippen LogP contribution in [0, 0.1) is 41.5 Å². The molecule has 92 heavy (non-hydrogen) atoms. The second kappa shape index (κ2) is 22.7. The molecular weight excluding hydrogens is 1120 g/mol. The molecule has 0 radical (unpaired) electrons. The Hall–Kier alpha value is -11.7. The van der Waals surface area contributed by atoms with Gasteiger partial charge in [-0.2, -0.15) is 0 Å². The molecule has 4 heterocycles. The van der Waals surface area contributed by atoms with Gasteiger partial charge in [-0.05, 0) is 158 Å². The van der Waals surface area contributed by atoms with Crippen LogP contribution in [0.15, 0.2) is 267 Å². The summed E-state index contributed by atoms with van der Waals surface area (Å²) in [7, 11) is 0. The van der Waals surface area contributed by atoms with Gasteiger partial charge in [-0.3, -0.25) is 0 Å². The van der Waals surface area contributed by atoms with Crippen molar-refractivity contribution in [3.8, 4) is 113 Å². The monoisotopic (exact) mass is 1180 g/mol. The second-order valence-corrected chi connectivity index (χ2v) is 24.3. The minimum atomic E-state index is 0.540. The molecule has 0 N–H and O–H groups in total. The smallest absolute Gasteiger partial charge is 0.166 e. The van der Waals surface area contributed by atoms with Gasteiger partial charge in [-0.1, -0.05) is 217 Å². The lowest BCUT2D eigenvalue weighted by molar-refractivity contribution is 1.06. The van der Waals surface area contributed by atoms with Gasteiger partial charge in [0, 0.05) is 54.9 Å². The quantitative estimate of drug-likeness (QED) is 0.128. The molecule has 0 spiro atoms. The van der Waals surface area contributed by atoms with Crippen molar-refractivity contribution in [2.45, 2.75) is 41.5 Å². The van der Waals surface area contributed by atoms with Crippen LogP contribution in [0.1, 0.15) is 33.4 Å². The van der Waals surface area contributed by atoms with Gasteiger partial charge in [-0.15, -0.1) is 0 Å². The number of hydrogen-bond donors (Lipinski definition) is 0. The van der Waals surface area contributed by atoms with E-state index in [-0.39, 0.29) is 0 Å². The highest BCUT2D eigenvalue weighted by molar-refractivity contribution is 6.12. The zero-order chi connectivity index (χ0) is 62.1. The molecular formula is C84H62N8. The summed E-state index contributed by atoms with van der Waals surface area (Å²) < 4.78 is 4.78. The zero-order valence-corrected chi connectivity index (χ0v) is 52.0. The maximum absolute atomic E-state index is 5.47. The number of fused-ring (bicyclic) bond motifs is 6. The van der Waals surface area contributed by atoms with Crippen molar-refractivity contribution in [2.75, 3.05) is 0 Å². The fraction of sp³-hybridized carbons (Fsp3) is 0.0714. The highest BCUT2D eigenvalue weighted by Crippen LogP contribution is 2.44. The van der Waals surface area contributed by atoms with E-state index in [0.717, 1.165) is 99.5 Å². The summed E-state index contributed by atoms with van der Waals surface area (Å²) in [5.41, 5.74) is 25.7. The largest absolute Gasteiger partial charge is 0.309 e. The Morgan fingerprint density at radius 3 is 0.837 bits per heavy atom. The number of benzene rings is 12. The Bertz CT molecular complexity index is 5060. The Kier molecular flexibility index (Phi) is 13.7. The van der Waals surface area contributed by atoms with Crippen LogP contribution in [0.25, 0.3) is 157 Å². The molecule has 16 aromatic rings. The molecule has 0 aliphatic carbocycles. The number of para-hydroxylation sites is 2. The topological polar surface area (TPSA) is 87.2 Å². The van der Waals surface area contributed by atoms with E-state index in [4.69, 9.17) is 29.9 Å². The Morgan fingerprint density at radius 2 is 0.500 bits per heavy atom. The highest BCUT2D eigenvalue weighted by Gasteiger charge is 2.25. The van der Waals surface area contributed by atoms with Crippen molar-refractivity contribution in [2.24, 2.45) is 0 Å². The van der Waals surface area contributed by atoms with Crippen molar-refractivity contribution >= 4 is 43.6 Å². The summed E-state index contributed by atoms with van der Waals surface area (Å²) >= 11 is 0. The molecule has 0 aliphatic heterocycles. The average Bonchev–Trinajstić information content (AvgIpc) is 1.56. The van der Waals surface area contributed by atoms with Crippen LogP contribution < -0.4 is 0 Å². The summed E-state index contributed by atoms with van der Waals surface area (Å²) in [4.78, 5) is 32.2. The highest BCUT2D eigenvalue weighted by atomic mass is 15.1. The van der Waals surface area contributed by atoms with E-state index in [2.05, 4.69) is 245 Å². The van der Waals surface area contributed by atoms with Crippen LogP contribution in [0.3, 0.4) is 0 Å². The van der Waals surface area contributed by atoms with Gasteiger partial charge in [0.25, 0.3) is 0 Å². The van der Waals surface area contributed by atoms with Crippen LogP contribution in [-0.2, 0) is 0 Å². The number of hydrogen-bond acceptors (Lipinski definition) is 6.